The Labute approximate surface area is 78.0 Å². The van der Waals surface area contributed by atoms with Crippen LogP contribution in [-0.4, -0.2) is 18.5 Å². The number of hydrogen-bond acceptors (Lipinski definition) is 2. The zero-order valence-corrected chi connectivity index (χ0v) is 7.01. The van der Waals surface area contributed by atoms with Gasteiger partial charge in [-0.15, -0.1) is 0 Å². The first-order chi connectivity index (χ1) is 6.57. The summed E-state index contributed by atoms with van der Waals surface area (Å²) in [5, 5.41) is 0. The third kappa shape index (κ3) is 1.57. The first-order valence-corrected chi connectivity index (χ1v) is 3.94. The second-order valence-corrected chi connectivity index (χ2v) is 2.81. The van der Waals surface area contributed by atoms with E-state index in [4.69, 9.17) is 4.74 Å². The largest absolute Gasteiger partial charge is 0.485 e. The SMILES string of the molecule is FC(F)(F)C1=Nc2ccccc2OC1. The molecule has 0 saturated heterocycles. The minimum atomic E-state index is -4.41. The van der Waals surface area contributed by atoms with E-state index in [1.165, 1.54) is 6.07 Å². The average Bonchev–Trinajstić information content (AvgIpc) is 2.16. The molecule has 0 spiro atoms. The van der Waals surface area contributed by atoms with Gasteiger partial charge < -0.3 is 4.74 Å². The van der Waals surface area contributed by atoms with Gasteiger partial charge in [0, 0.05) is 0 Å². The summed E-state index contributed by atoms with van der Waals surface area (Å²) in [5.41, 5.74) is -0.665. The molecule has 2 nitrogen and oxygen atoms in total. The highest BCUT2D eigenvalue weighted by atomic mass is 19.4. The Bertz CT molecular complexity index is 384. The molecule has 0 bridgehead atoms. The first kappa shape index (κ1) is 9.05. The molecule has 0 aliphatic carbocycles. The lowest BCUT2D eigenvalue weighted by atomic mass is 10.2. The third-order valence-electron chi connectivity index (χ3n) is 1.81. The summed E-state index contributed by atoms with van der Waals surface area (Å²) in [4.78, 5) is 3.48. The summed E-state index contributed by atoms with van der Waals surface area (Å²) in [6, 6.07) is 6.38. The van der Waals surface area contributed by atoms with Crippen LogP contribution in [0, 0.1) is 0 Å². The molecule has 0 aromatic heterocycles. The fourth-order valence-electron chi connectivity index (χ4n) is 1.14. The van der Waals surface area contributed by atoms with Gasteiger partial charge in [-0.25, -0.2) is 4.99 Å². The van der Waals surface area contributed by atoms with Crippen molar-refractivity contribution in [2.75, 3.05) is 6.61 Å². The molecule has 2 rings (SSSR count). The summed E-state index contributed by atoms with van der Waals surface area (Å²) in [5.74, 6) is 0.389. The summed E-state index contributed by atoms with van der Waals surface area (Å²) in [6.45, 7) is -0.513. The van der Waals surface area contributed by atoms with Gasteiger partial charge in [0.1, 0.15) is 18.0 Å². The molecule has 74 valence electrons. The molecule has 1 aromatic carbocycles. The van der Waals surface area contributed by atoms with E-state index in [0.717, 1.165) is 0 Å². The number of rotatable bonds is 0. The van der Waals surface area contributed by atoms with Crippen molar-refractivity contribution >= 4 is 11.4 Å². The molecular formula is C9H6F3NO. The molecule has 0 fully saturated rings. The molecule has 0 saturated carbocycles. The number of benzene rings is 1. The highest BCUT2D eigenvalue weighted by molar-refractivity contribution is 5.94. The van der Waals surface area contributed by atoms with Gasteiger partial charge in [0.15, 0.2) is 5.71 Å². The maximum absolute atomic E-state index is 12.2. The monoisotopic (exact) mass is 201 g/mol. The van der Waals surface area contributed by atoms with E-state index in [1.807, 2.05) is 0 Å². The fourth-order valence-corrected chi connectivity index (χ4v) is 1.14. The Balaban J connectivity index is 2.41. The molecule has 1 aromatic rings. The topological polar surface area (TPSA) is 21.6 Å². The second-order valence-electron chi connectivity index (χ2n) is 2.81. The molecule has 1 heterocycles. The van der Waals surface area contributed by atoms with E-state index in [1.54, 1.807) is 18.2 Å². The van der Waals surface area contributed by atoms with Gasteiger partial charge >= 0.3 is 6.18 Å². The Morgan fingerprint density at radius 1 is 1.21 bits per heavy atom. The lowest BCUT2D eigenvalue weighted by molar-refractivity contribution is -0.0622. The van der Waals surface area contributed by atoms with Gasteiger partial charge in [-0.3, -0.25) is 0 Å². The minimum absolute atomic E-state index is 0.228. The highest BCUT2D eigenvalue weighted by Gasteiger charge is 2.37. The molecule has 0 radical (unpaired) electrons. The Kier molecular flexibility index (Phi) is 1.94. The van der Waals surface area contributed by atoms with E-state index in [9.17, 15) is 13.2 Å². The minimum Gasteiger partial charge on any atom is -0.485 e. The van der Waals surface area contributed by atoms with Crippen LogP contribution in [0.4, 0.5) is 18.9 Å². The summed E-state index contributed by atoms with van der Waals surface area (Å²) < 4.78 is 41.6. The van der Waals surface area contributed by atoms with Crippen molar-refractivity contribution in [3.05, 3.63) is 24.3 Å². The van der Waals surface area contributed by atoms with Crippen molar-refractivity contribution < 1.29 is 17.9 Å². The van der Waals surface area contributed by atoms with Gasteiger partial charge in [-0.1, -0.05) is 12.1 Å². The number of nitrogens with zero attached hydrogens (tertiary/aromatic N) is 1. The third-order valence-corrected chi connectivity index (χ3v) is 1.81. The quantitative estimate of drug-likeness (QED) is 0.632. The normalized spacial score (nSPS) is 15.5. The van der Waals surface area contributed by atoms with Gasteiger partial charge in [-0.05, 0) is 12.1 Å². The van der Waals surface area contributed by atoms with Crippen LogP contribution in [0.2, 0.25) is 0 Å². The van der Waals surface area contributed by atoms with Crippen LogP contribution in [0.5, 0.6) is 5.75 Å². The van der Waals surface area contributed by atoms with Crippen LogP contribution >= 0.6 is 0 Å². The van der Waals surface area contributed by atoms with Gasteiger partial charge in [-0.2, -0.15) is 13.2 Å². The highest BCUT2D eigenvalue weighted by Crippen LogP contribution is 2.33. The molecule has 0 N–H and O–H groups in total. The molecule has 5 heteroatoms. The number of alkyl halides is 3. The van der Waals surface area contributed by atoms with E-state index < -0.39 is 18.5 Å². The van der Waals surface area contributed by atoms with Crippen molar-refractivity contribution in [2.24, 2.45) is 4.99 Å². The summed E-state index contributed by atoms with van der Waals surface area (Å²) in [6.07, 6.45) is -4.41. The predicted molar refractivity (Wildman–Crippen MR) is 45.1 cm³/mol. The van der Waals surface area contributed by atoms with E-state index in [2.05, 4.69) is 4.99 Å². The number of fused-ring (bicyclic) bond motifs is 1. The van der Waals surface area contributed by atoms with Gasteiger partial charge in [0.05, 0.1) is 0 Å². The van der Waals surface area contributed by atoms with Crippen molar-refractivity contribution in [3.63, 3.8) is 0 Å². The van der Waals surface area contributed by atoms with Crippen LogP contribution < -0.4 is 4.74 Å². The lowest BCUT2D eigenvalue weighted by Gasteiger charge is -2.18. The van der Waals surface area contributed by atoms with Crippen molar-refractivity contribution in [1.29, 1.82) is 0 Å². The molecule has 0 amide bonds. The number of para-hydroxylation sites is 2. The van der Waals surface area contributed by atoms with Crippen LogP contribution in [0.1, 0.15) is 0 Å². The van der Waals surface area contributed by atoms with Crippen molar-refractivity contribution in [3.8, 4) is 5.75 Å². The Morgan fingerprint density at radius 2 is 1.93 bits per heavy atom. The van der Waals surface area contributed by atoms with Crippen molar-refractivity contribution in [2.45, 2.75) is 6.18 Å². The zero-order chi connectivity index (χ0) is 10.2. The average molecular weight is 201 g/mol. The standard InChI is InChI=1S/C9H6F3NO/c10-9(11,12)8-5-14-7-4-2-1-3-6(7)13-8/h1-4H,5H2. The number of aliphatic imine (C=N–C) groups is 1. The van der Waals surface area contributed by atoms with Crippen LogP contribution in [-0.2, 0) is 0 Å². The van der Waals surface area contributed by atoms with E-state index >= 15 is 0 Å². The molecule has 14 heavy (non-hydrogen) atoms. The Hall–Kier alpha value is -1.52. The van der Waals surface area contributed by atoms with E-state index in [-0.39, 0.29) is 5.69 Å². The maximum atomic E-state index is 12.2. The van der Waals surface area contributed by atoms with Crippen LogP contribution in [0.15, 0.2) is 29.3 Å². The van der Waals surface area contributed by atoms with E-state index in [0.29, 0.717) is 5.75 Å². The predicted octanol–water partition coefficient (Wildman–Crippen LogP) is 2.71. The lowest BCUT2D eigenvalue weighted by Crippen LogP contribution is -2.30. The first-order valence-electron chi connectivity index (χ1n) is 3.94. The Morgan fingerprint density at radius 3 is 2.64 bits per heavy atom. The van der Waals surface area contributed by atoms with Crippen molar-refractivity contribution in [1.82, 2.24) is 0 Å². The summed E-state index contributed by atoms with van der Waals surface area (Å²) in [7, 11) is 0. The zero-order valence-electron chi connectivity index (χ0n) is 7.01. The number of hydrogen-bond donors (Lipinski definition) is 0. The molecule has 1 aliphatic rings. The van der Waals surface area contributed by atoms with Crippen LogP contribution in [0.25, 0.3) is 0 Å². The van der Waals surface area contributed by atoms with Gasteiger partial charge in [0.25, 0.3) is 0 Å². The number of ether oxygens (including phenoxy) is 1. The molecule has 1 aliphatic heterocycles. The van der Waals surface area contributed by atoms with Crippen LogP contribution in [0.3, 0.4) is 0 Å². The number of halogens is 3. The second kappa shape index (κ2) is 3.01. The molecule has 0 atom stereocenters. The smallest absolute Gasteiger partial charge is 0.432 e. The maximum Gasteiger partial charge on any atom is 0.432 e. The molecular weight excluding hydrogens is 195 g/mol. The van der Waals surface area contributed by atoms with Gasteiger partial charge in [0.2, 0.25) is 0 Å². The molecule has 0 unspecified atom stereocenters. The summed E-state index contributed by atoms with van der Waals surface area (Å²) >= 11 is 0. The fraction of sp³-hybridized carbons (Fsp3) is 0.222.